The fourth-order valence-corrected chi connectivity index (χ4v) is 2.49. The van der Waals surface area contributed by atoms with E-state index in [-0.39, 0.29) is 53.2 Å². The number of aliphatic imine (C=N–C) groups is 1. The molecule has 0 spiro atoms. The third-order valence-corrected chi connectivity index (χ3v) is 3.82. The van der Waals surface area contributed by atoms with E-state index < -0.39 is 0 Å². The second kappa shape index (κ2) is 10.8. The van der Waals surface area contributed by atoms with E-state index in [4.69, 9.17) is 0 Å². The van der Waals surface area contributed by atoms with Crippen LogP contribution >= 0.6 is 24.0 Å². The van der Waals surface area contributed by atoms with Gasteiger partial charge < -0.3 is 15.5 Å². The number of amides is 1. The highest BCUT2D eigenvalue weighted by Gasteiger charge is 2.22. The quantitative estimate of drug-likeness (QED) is 0.363. The smallest absolute Gasteiger partial charge is 0.240 e. The third-order valence-electron chi connectivity index (χ3n) is 3.82. The van der Waals surface area contributed by atoms with Crippen LogP contribution in [0.4, 0.5) is 4.39 Å². The molecular formula is C20H34FIN4O. The van der Waals surface area contributed by atoms with Crippen LogP contribution in [-0.2, 0) is 10.2 Å². The summed E-state index contributed by atoms with van der Waals surface area (Å²) in [6, 6.07) is 6.60. The van der Waals surface area contributed by atoms with Crippen molar-refractivity contribution in [3.8, 4) is 0 Å². The lowest BCUT2D eigenvalue weighted by Crippen LogP contribution is -2.49. The summed E-state index contributed by atoms with van der Waals surface area (Å²) in [5.41, 5.74) is 0.301. The number of nitrogens with zero attached hydrogens (tertiary/aromatic N) is 2. The summed E-state index contributed by atoms with van der Waals surface area (Å²) in [5.74, 6) is 0.346. The van der Waals surface area contributed by atoms with Crippen LogP contribution in [0.5, 0.6) is 0 Å². The van der Waals surface area contributed by atoms with E-state index in [0.29, 0.717) is 19.0 Å². The van der Waals surface area contributed by atoms with Crippen molar-refractivity contribution >= 4 is 35.8 Å². The number of benzene rings is 1. The van der Waals surface area contributed by atoms with Crippen LogP contribution in [0.1, 0.15) is 47.1 Å². The Morgan fingerprint density at radius 3 is 2.37 bits per heavy atom. The molecule has 0 saturated heterocycles. The molecule has 0 aliphatic carbocycles. The summed E-state index contributed by atoms with van der Waals surface area (Å²) in [5, 5.41) is 6.15. The number of likely N-dealkylation sites (N-methyl/N-ethyl adjacent to an activating group) is 1. The average Bonchev–Trinajstić information content (AvgIpc) is 2.49. The van der Waals surface area contributed by atoms with Gasteiger partial charge in [-0.1, -0.05) is 26.0 Å². The molecular weight excluding hydrogens is 458 g/mol. The van der Waals surface area contributed by atoms with Crippen LogP contribution in [0.3, 0.4) is 0 Å². The summed E-state index contributed by atoms with van der Waals surface area (Å²) >= 11 is 0. The first-order valence-electron chi connectivity index (χ1n) is 9.01. The van der Waals surface area contributed by atoms with Gasteiger partial charge in [0.1, 0.15) is 5.82 Å². The van der Waals surface area contributed by atoms with Crippen molar-refractivity contribution in [1.82, 2.24) is 15.5 Å². The van der Waals surface area contributed by atoms with Gasteiger partial charge in [0.2, 0.25) is 5.91 Å². The SMILES string of the molecule is CCNC(=NCC(C)(C)c1cccc(F)c1)N(C)CC(=O)NC(C)(C)C.I. The maximum atomic E-state index is 13.5. The molecule has 0 bridgehead atoms. The van der Waals surface area contributed by atoms with Gasteiger partial charge in [-0.2, -0.15) is 0 Å². The van der Waals surface area contributed by atoms with E-state index in [1.54, 1.807) is 17.0 Å². The van der Waals surface area contributed by atoms with Gasteiger partial charge >= 0.3 is 0 Å². The Morgan fingerprint density at radius 2 is 1.85 bits per heavy atom. The Hall–Kier alpha value is -1.38. The molecule has 7 heteroatoms. The summed E-state index contributed by atoms with van der Waals surface area (Å²) in [6.45, 7) is 13.3. The molecule has 1 aromatic rings. The van der Waals surface area contributed by atoms with Gasteiger partial charge in [0.15, 0.2) is 5.96 Å². The van der Waals surface area contributed by atoms with Crippen molar-refractivity contribution in [2.45, 2.75) is 52.5 Å². The predicted octanol–water partition coefficient (Wildman–Crippen LogP) is 3.53. The Balaban J connectivity index is 0.00000676. The van der Waals surface area contributed by atoms with Crippen LogP contribution in [-0.4, -0.2) is 49.0 Å². The number of hydrogen-bond acceptors (Lipinski definition) is 2. The second-order valence-electron chi connectivity index (χ2n) is 8.22. The predicted molar refractivity (Wildman–Crippen MR) is 121 cm³/mol. The maximum absolute atomic E-state index is 13.5. The first-order valence-corrected chi connectivity index (χ1v) is 9.01. The third kappa shape index (κ3) is 9.39. The lowest BCUT2D eigenvalue weighted by Gasteiger charge is -2.27. The minimum Gasteiger partial charge on any atom is -0.357 e. The molecule has 2 N–H and O–H groups in total. The summed E-state index contributed by atoms with van der Waals surface area (Å²) in [7, 11) is 1.83. The van der Waals surface area contributed by atoms with Crippen LogP contribution in [0.15, 0.2) is 29.3 Å². The Bertz CT molecular complexity index is 641. The van der Waals surface area contributed by atoms with Crippen molar-refractivity contribution in [1.29, 1.82) is 0 Å². The fourth-order valence-electron chi connectivity index (χ4n) is 2.49. The van der Waals surface area contributed by atoms with Gasteiger partial charge in [-0.15, -0.1) is 24.0 Å². The largest absolute Gasteiger partial charge is 0.357 e. The Kier molecular flexibility index (Phi) is 10.3. The first-order chi connectivity index (χ1) is 11.9. The topological polar surface area (TPSA) is 56.7 Å². The molecule has 0 aliphatic heterocycles. The molecule has 1 aromatic carbocycles. The van der Waals surface area contributed by atoms with Gasteiger partial charge in [-0.05, 0) is 45.4 Å². The molecule has 1 rings (SSSR count). The molecule has 0 heterocycles. The lowest BCUT2D eigenvalue weighted by molar-refractivity contribution is -0.122. The zero-order valence-corrected chi connectivity index (χ0v) is 19.8. The van der Waals surface area contributed by atoms with Crippen molar-refractivity contribution in [3.05, 3.63) is 35.6 Å². The van der Waals surface area contributed by atoms with E-state index in [9.17, 15) is 9.18 Å². The molecule has 154 valence electrons. The molecule has 0 radical (unpaired) electrons. The number of hydrogen-bond donors (Lipinski definition) is 2. The van der Waals surface area contributed by atoms with Gasteiger partial charge in [0.25, 0.3) is 0 Å². The van der Waals surface area contributed by atoms with E-state index in [2.05, 4.69) is 15.6 Å². The van der Waals surface area contributed by atoms with Gasteiger partial charge in [0.05, 0.1) is 13.1 Å². The monoisotopic (exact) mass is 492 g/mol. The Morgan fingerprint density at radius 1 is 1.22 bits per heavy atom. The van der Waals surface area contributed by atoms with Crippen molar-refractivity contribution in [2.75, 3.05) is 26.7 Å². The van der Waals surface area contributed by atoms with Gasteiger partial charge in [0, 0.05) is 24.5 Å². The molecule has 0 unspecified atom stereocenters. The zero-order valence-electron chi connectivity index (χ0n) is 17.5. The van der Waals surface area contributed by atoms with Gasteiger partial charge in [-0.25, -0.2) is 4.39 Å². The molecule has 0 saturated carbocycles. The van der Waals surface area contributed by atoms with Crippen LogP contribution in [0, 0.1) is 5.82 Å². The molecule has 0 aliphatic rings. The number of carbonyl (C=O) groups is 1. The molecule has 0 aromatic heterocycles. The molecule has 27 heavy (non-hydrogen) atoms. The van der Waals surface area contributed by atoms with Crippen LogP contribution in [0.2, 0.25) is 0 Å². The number of guanidine groups is 1. The van der Waals surface area contributed by atoms with E-state index in [1.165, 1.54) is 6.07 Å². The summed E-state index contributed by atoms with van der Waals surface area (Å²) < 4.78 is 13.5. The number of rotatable bonds is 6. The van der Waals surface area contributed by atoms with E-state index in [1.807, 2.05) is 54.7 Å². The van der Waals surface area contributed by atoms with Crippen molar-refractivity contribution in [2.24, 2.45) is 4.99 Å². The number of halogens is 2. The maximum Gasteiger partial charge on any atom is 0.240 e. The summed E-state index contributed by atoms with van der Waals surface area (Å²) in [6.07, 6.45) is 0. The zero-order chi connectivity index (χ0) is 20.0. The van der Waals surface area contributed by atoms with Gasteiger partial charge in [-0.3, -0.25) is 9.79 Å². The fraction of sp³-hybridized carbons (Fsp3) is 0.600. The van der Waals surface area contributed by atoms with Crippen LogP contribution in [0.25, 0.3) is 0 Å². The highest BCUT2D eigenvalue weighted by molar-refractivity contribution is 14.0. The minimum absolute atomic E-state index is 0. The summed E-state index contributed by atoms with van der Waals surface area (Å²) in [4.78, 5) is 18.6. The van der Waals surface area contributed by atoms with Crippen molar-refractivity contribution in [3.63, 3.8) is 0 Å². The highest BCUT2D eigenvalue weighted by atomic mass is 127. The normalized spacial score (nSPS) is 12.2. The van der Waals surface area contributed by atoms with E-state index >= 15 is 0 Å². The Labute approximate surface area is 180 Å². The molecule has 1 amide bonds. The van der Waals surface area contributed by atoms with Crippen molar-refractivity contribution < 1.29 is 9.18 Å². The highest BCUT2D eigenvalue weighted by Crippen LogP contribution is 2.24. The average molecular weight is 492 g/mol. The molecule has 0 atom stereocenters. The molecule has 5 nitrogen and oxygen atoms in total. The second-order valence-corrected chi connectivity index (χ2v) is 8.22. The van der Waals surface area contributed by atoms with E-state index in [0.717, 1.165) is 5.56 Å². The minimum atomic E-state index is -0.322. The number of nitrogens with one attached hydrogen (secondary N) is 2. The number of carbonyl (C=O) groups excluding carboxylic acids is 1. The van der Waals surface area contributed by atoms with Crippen LogP contribution < -0.4 is 10.6 Å². The standard InChI is InChI=1S/C20H33FN4O.HI/c1-8-22-18(25(7)13-17(26)24-19(2,3)4)23-14-20(5,6)15-10-9-11-16(21)12-15;/h9-12H,8,13-14H2,1-7H3,(H,22,23)(H,24,26);1H. The molecule has 0 fully saturated rings. The first kappa shape index (κ1) is 25.6. The lowest BCUT2D eigenvalue weighted by atomic mass is 9.85.